The number of aryl methyl sites for hydroxylation is 2. The quantitative estimate of drug-likeness (QED) is 0.755. The zero-order chi connectivity index (χ0) is 15.8. The summed E-state index contributed by atoms with van der Waals surface area (Å²) in [5, 5.41) is 3.50. The lowest BCUT2D eigenvalue weighted by Crippen LogP contribution is -2.38. The van der Waals surface area contributed by atoms with Crippen molar-refractivity contribution in [2.75, 3.05) is 47.3 Å². The average molecular weight is 291 g/mol. The third-order valence-electron chi connectivity index (χ3n) is 3.99. The van der Waals surface area contributed by atoms with Crippen LogP contribution in [0, 0.1) is 13.8 Å². The molecular formula is C18H33N3. The second-order valence-electron chi connectivity index (χ2n) is 6.31. The van der Waals surface area contributed by atoms with Crippen LogP contribution >= 0.6 is 0 Å². The van der Waals surface area contributed by atoms with E-state index in [1.807, 2.05) is 0 Å². The predicted octanol–water partition coefficient (Wildman–Crippen LogP) is 2.84. The molecule has 1 N–H and O–H groups in total. The van der Waals surface area contributed by atoms with Gasteiger partial charge in [-0.25, -0.2) is 0 Å². The first-order chi connectivity index (χ1) is 9.97. The van der Waals surface area contributed by atoms with Gasteiger partial charge in [0, 0.05) is 25.7 Å². The lowest BCUT2D eigenvalue weighted by molar-refractivity contribution is 0.221. The van der Waals surface area contributed by atoms with Crippen molar-refractivity contribution < 1.29 is 0 Å². The molecular weight excluding hydrogens is 258 g/mol. The molecule has 120 valence electrons. The molecule has 1 rings (SSSR count). The maximum Gasteiger partial charge on any atom is 0.0449 e. The highest BCUT2D eigenvalue weighted by Gasteiger charge is 2.16. The fraction of sp³-hybridized carbons (Fsp3) is 0.667. The summed E-state index contributed by atoms with van der Waals surface area (Å²) >= 11 is 0. The molecule has 1 aromatic rings. The largest absolute Gasteiger partial charge is 0.312 e. The van der Waals surface area contributed by atoms with Crippen LogP contribution in [0.25, 0.3) is 0 Å². The number of rotatable bonds is 9. The molecule has 0 aliphatic rings. The molecule has 0 saturated heterocycles. The highest BCUT2D eigenvalue weighted by molar-refractivity contribution is 5.33. The van der Waals surface area contributed by atoms with Crippen molar-refractivity contribution in [3.05, 3.63) is 34.9 Å². The Bertz CT molecular complexity index is 415. The van der Waals surface area contributed by atoms with Crippen LogP contribution < -0.4 is 5.32 Å². The molecule has 1 aromatic carbocycles. The summed E-state index contributed by atoms with van der Waals surface area (Å²) in [6, 6.07) is 7.18. The van der Waals surface area contributed by atoms with E-state index < -0.39 is 0 Å². The Balaban J connectivity index is 2.77. The molecule has 21 heavy (non-hydrogen) atoms. The van der Waals surface area contributed by atoms with Crippen LogP contribution in [0.2, 0.25) is 0 Å². The summed E-state index contributed by atoms with van der Waals surface area (Å²) in [6.45, 7) is 11.1. The van der Waals surface area contributed by atoms with E-state index in [1.165, 1.54) is 23.1 Å². The Morgan fingerprint density at radius 3 is 2.33 bits per heavy atom. The zero-order valence-corrected chi connectivity index (χ0v) is 14.7. The second kappa shape index (κ2) is 9.19. The van der Waals surface area contributed by atoms with Crippen molar-refractivity contribution in [3.63, 3.8) is 0 Å². The van der Waals surface area contributed by atoms with Gasteiger partial charge in [0.15, 0.2) is 0 Å². The van der Waals surface area contributed by atoms with Gasteiger partial charge in [0.1, 0.15) is 0 Å². The molecule has 3 heteroatoms. The number of nitrogens with one attached hydrogen (secondary N) is 1. The molecule has 0 aliphatic heterocycles. The Morgan fingerprint density at radius 1 is 1.10 bits per heavy atom. The Morgan fingerprint density at radius 2 is 1.81 bits per heavy atom. The van der Waals surface area contributed by atoms with E-state index in [0.29, 0.717) is 6.04 Å². The van der Waals surface area contributed by atoms with Gasteiger partial charge < -0.3 is 15.1 Å². The first-order valence-electron chi connectivity index (χ1n) is 8.09. The Hall–Kier alpha value is -0.900. The average Bonchev–Trinajstić information content (AvgIpc) is 2.42. The molecule has 0 aromatic heterocycles. The van der Waals surface area contributed by atoms with Crippen LogP contribution in [-0.2, 0) is 0 Å². The molecule has 0 aliphatic carbocycles. The van der Waals surface area contributed by atoms with E-state index in [2.05, 4.69) is 75.2 Å². The van der Waals surface area contributed by atoms with E-state index in [4.69, 9.17) is 0 Å². The summed E-state index contributed by atoms with van der Waals surface area (Å²) in [7, 11) is 6.35. The van der Waals surface area contributed by atoms with E-state index in [-0.39, 0.29) is 0 Å². The van der Waals surface area contributed by atoms with E-state index in [9.17, 15) is 0 Å². The standard InChI is InChI=1S/C18H33N3/c1-7-10-21(12-11-20(5)6)14-18(19-4)17-9-8-15(2)13-16(17)3/h8-9,13,18-19H,7,10-12,14H2,1-6H3. The van der Waals surface area contributed by atoms with Crippen LogP contribution in [0.3, 0.4) is 0 Å². The molecule has 0 radical (unpaired) electrons. The topological polar surface area (TPSA) is 18.5 Å². The number of benzene rings is 1. The van der Waals surface area contributed by atoms with Crippen LogP contribution in [0.5, 0.6) is 0 Å². The van der Waals surface area contributed by atoms with Gasteiger partial charge in [-0.05, 0) is 59.1 Å². The fourth-order valence-electron chi connectivity index (χ4n) is 2.77. The lowest BCUT2D eigenvalue weighted by atomic mass is 9.99. The molecule has 0 saturated carbocycles. The minimum atomic E-state index is 0.402. The smallest absolute Gasteiger partial charge is 0.0449 e. The number of hydrogen-bond donors (Lipinski definition) is 1. The van der Waals surface area contributed by atoms with Gasteiger partial charge in [-0.2, -0.15) is 0 Å². The SMILES string of the molecule is CCCN(CCN(C)C)CC(NC)c1ccc(C)cc1C. The van der Waals surface area contributed by atoms with Gasteiger partial charge in [0.05, 0.1) is 0 Å². The molecule has 0 spiro atoms. The zero-order valence-electron chi connectivity index (χ0n) is 14.7. The van der Waals surface area contributed by atoms with Crippen LogP contribution in [0.4, 0.5) is 0 Å². The highest BCUT2D eigenvalue weighted by Crippen LogP contribution is 2.20. The molecule has 1 atom stereocenters. The lowest BCUT2D eigenvalue weighted by Gasteiger charge is -2.29. The minimum absolute atomic E-state index is 0.402. The summed E-state index contributed by atoms with van der Waals surface area (Å²) in [6.07, 6.45) is 1.21. The number of likely N-dealkylation sites (N-methyl/N-ethyl adjacent to an activating group) is 2. The van der Waals surface area contributed by atoms with Gasteiger partial charge in [-0.3, -0.25) is 0 Å². The van der Waals surface area contributed by atoms with Crippen molar-refractivity contribution in [3.8, 4) is 0 Å². The maximum atomic E-state index is 3.50. The van der Waals surface area contributed by atoms with Gasteiger partial charge in [0.2, 0.25) is 0 Å². The van der Waals surface area contributed by atoms with Crippen molar-refractivity contribution in [1.82, 2.24) is 15.1 Å². The normalized spacial score (nSPS) is 13.1. The summed E-state index contributed by atoms with van der Waals surface area (Å²) in [5.41, 5.74) is 4.15. The fourth-order valence-corrected chi connectivity index (χ4v) is 2.77. The predicted molar refractivity (Wildman–Crippen MR) is 93.0 cm³/mol. The Labute approximate surface area is 131 Å². The molecule has 0 amide bonds. The van der Waals surface area contributed by atoms with Crippen molar-refractivity contribution in [2.45, 2.75) is 33.2 Å². The maximum absolute atomic E-state index is 3.50. The van der Waals surface area contributed by atoms with Crippen LogP contribution in [0.15, 0.2) is 18.2 Å². The first-order valence-corrected chi connectivity index (χ1v) is 8.09. The van der Waals surface area contributed by atoms with E-state index in [0.717, 1.165) is 26.2 Å². The minimum Gasteiger partial charge on any atom is -0.312 e. The van der Waals surface area contributed by atoms with Crippen molar-refractivity contribution in [1.29, 1.82) is 0 Å². The molecule has 1 unspecified atom stereocenters. The molecule has 3 nitrogen and oxygen atoms in total. The van der Waals surface area contributed by atoms with Gasteiger partial charge in [-0.1, -0.05) is 30.7 Å². The summed E-state index contributed by atoms with van der Waals surface area (Å²) in [5.74, 6) is 0. The third-order valence-corrected chi connectivity index (χ3v) is 3.99. The monoisotopic (exact) mass is 291 g/mol. The van der Waals surface area contributed by atoms with Gasteiger partial charge >= 0.3 is 0 Å². The highest BCUT2D eigenvalue weighted by atomic mass is 15.2. The number of nitrogens with zero attached hydrogens (tertiary/aromatic N) is 2. The molecule has 0 heterocycles. The number of hydrogen-bond acceptors (Lipinski definition) is 3. The van der Waals surface area contributed by atoms with Gasteiger partial charge in [0.25, 0.3) is 0 Å². The molecule has 0 fully saturated rings. The second-order valence-corrected chi connectivity index (χ2v) is 6.31. The van der Waals surface area contributed by atoms with Crippen molar-refractivity contribution >= 4 is 0 Å². The third kappa shape index (κ3) is 6.16. The Kier molecular flexibility index (Phi) is 7.94. The van der Waals surface area contributed by atoms with E-state index >= 15 is 0 Å². The van der Waals surface area contributed by atoms with Crippen molar-refractivity contribution in [2.24, 2.45) is 0 Å². The van der Waals surface area contributed by atoms with E-state index in [1.54, 1.807) is 0 Å². The summed E-state index contributed by atoms with van der Waals surface area (Å²) in [4.78, 5) is 4.83. The van der Waals surface area contributed by atoms with Gasteiger partial charge in [-0.15, -0.1) is 0 Å². The first kappa shape index (κ1) is 18.1. The van der Waals surface area contributed by atoms with Crippen LogP contribution in [-0.4, -0.2) is 57.1 Å². The molecule has 0 bridgehead atoms. The van der Waals surface area contributed by atoms with Crippen LogP contribution in [0.1, 0.15) is 36.1 Å². The summed E-state index contributed by atoms with van der Waals surface area (Å²) < 4.78 is 0.